The zero-order valence-electron chi connectivity index (χ0n) is 17.4. The molecular weight excluding hydrogens is 394 g/mol. The Morgan fingerprint density at radius 3 is 2.77 bits per heavy atom. The second-order valence-corrected chi connectivity index (χ2v) is 8.52. The lowest BCUT2D eigenvalue weighted by Crippen LogP contribution is -2.14. The van der Waals surface area contributed by atoms with Crippen molar-refractivity contribution >= 4 is 29.0 Å². The molecule has 3 heterocycles. The highest BCUT2D eigenvalue weighted by Crippen LogP contribution is 2.16. The normalized spacial score (nSPS) is 11.2. The van der Waals surface area contributed by atoms with Crippen molar-refractivity contribution in [2.24, 2.45) is 0 Å². The average Bonchev–Trinajstić information content (AvgIpc) is 3.23. The highest BCUT2D eigenvalue weighted by Gasteiger charge is 2.07. The van der Waals surface area contributed by atoms with Crippen LogP contribution in [-0.2, 0) is 17.1 Å². The van der Waals surface area contributed by atoms with Crippen molar-refractivity contribution in [1.29, 1.82) is 0 Å². The summed E-state index contributed by atoms with van der Waals surface area (Å²) >= 11 is 1.56. The molecule has 4 rings (SSSR count). The Hall–Kier alpha value is -3.06. The molecule has 0 aliphatic carbocycles. The number of rotatable bonds is 7. The topological polar surface area (TPSA) is 64.2 Å². The van der Waals surface area contributed by atoms with Crippen molar-refractivity contribution in [1.82, 2.24) is 19.2 Å². The number of imidazole rings is 1. The van der Waals surface area contributed by atoms with Crippen molar-refractivity contribution < 1.29 is 4.79 Å². The molecule has 0 fully saturated rings. The first-order chi connectivity index (χ1) is 14.5. The van der Waals surface area contributed by atoms with Gasteiger partial charge in [0.2, 0.25) is 5.91 Å². The van der Waals surface area contributed by atoms with E-state index in [-0.39, 0.29) is 5.91 Å². The third kappa shape index (κ3) is 4.91. The third-order valence-corrected chi connectivity index (χ3v) is 5.74. The van der Waals surface area contributed by atoms with Crippen LogP contribution in [-0.4, -0.2) is 30.8 Å². The first-order valence-electron chi connectivity index (χ1n) is 9.88. The fourth-order valence-corrected chi connectivity index (χ4v) is 4.13. The molecule has 0 aliphatic rings. The Labute approximate surface area is 180 Å². The third-order valence-electron chi connectivity index (χ3n) is 4.78. The van der Waals surface area contributed by atoms with Crippen LogP contribution in [0, 0.1) is 20.8 Å². The van der Waals surface area contributed by atoms with E-state index in [4.69, 9.17) is 0 Å². The van der Waals surface area contributed by atoms with E-state index in [0.717, 1.165) is 34.0 Å². The number of pyridine rings is 1. The lowest BCUT2D eigenvalue weighted by Gasteiger charge is -2.09. The summed E-state index contributed by atoms with van der Waals surface area (Å²) in [6.45, 7) is 6.79. The van der Waals surface area contributed by atoms with Crippen LogP contribution in [0.15, 0.2) is 54.9 Å². The monoisotopic (exact) mass is 419 g/mol. The highest BCUT2D eigenvalue weighted by atomic mass is 32.2. The fraction of sp³-hybridized carbons (Fsp3) is 0.261. The summed E-state index contributed by atoms with van der Waals surface area (Å²) in [6, 6.07) is 14.0. The molecule has 7 heteroatoms. The van der Waals surface area contributed by atoms with Crippen molar-refractivity contribution in [3.63, 3.8) is 0 Å². The van der Waals surface area contributed by atoms with Crippen LogP contribution in [0.4, 0.5) is 5.69 Å². The first-order valence-corrected chi connectivity index (χ1v) is 11.0. The Balaban J connectivity index is 1.30. The molecular formula is C23H25N5OS. The van der Waals surface area contributed by atoms with Crippen LogP contribution < -0.4 is 5.32 Å². The summed E-state index contributed by atoms with van der Waals surface area (Å²) in [5.41, 5.74) is 7.15. The lowest BCUT2D eigenvalue weighted by molar-refractivity contribution is -0.113. The van der Waals surface area contributed by atoms with E-state index in [9.17, 15) is 4.79 Å². The summed E-state index contributed by atoms with van der Waals surface area (Å²) in [7, 11) is 0. The summed E-state index contributed by atoms with van der Waals surface area (Å²) < 4.78 is 4.00. The van der Waals surface area contributed by atoms with Gasteiger partial charge in [0.05, 0.1) is 23.7 Å². The van der Waals surface area contributed by atoms with Crippen LogP contribution >= 0.6 is 11.8 Å². The average molecular weight is 420 g/mol. The molecule has 1 N–H and O–H groups in total. The van der Waals surface area contributed by atoms with Crippen LogP contribution in [0.2, 0.25) is 0 Å². The van der Waals surface area contributed by atoms with Gasteiger partial charge in [-0.3, -0.25) is 9.48 Å². The maximum Gasteiger partial charge on any atom is 0.234 e. The van der Waals surface area contributed by atoms with E-state index < -0.39 is 0 Å². The Morgan fingerprint density at radius 2 is 1.97 bits per heavy atom. The quantitative estimate of drug-likeness (QED) is 0.483. The van der Waals surface area contributed by atoms with Gasteiger partial charge >= 0.3 is 0 Å². The lowest BCUT2D eigenvalue weighted by atomic mass is 10.2. The van der Waals surface area contributed by atoms with E-state index in [1.807, 2.05) is 59.5 Å². The van der Waals surface area contributed by atoms with Gasteiger partial charge in [-0.05, 0) is 56.2 Å². The van der Waals surface area contributed by atoms with Crippen molar-refractivity contribution in [2.75, 3.05) is 11.1 Å². The Kier molecular flexibility index (Phi) is 5.90. The molecule has 0 unspecified atom stereocenters. The van der Waals surface area contributed by atoms with E-state index in [1.54, 1.807) is 11.8 Å². The van der Waals surface area contributed by atoms with Crippen LogP contribution in [0.3, 0.4) is 0 Å². The molecule has 0 spiro atoms. The van der Waals surface area contributed by atoms with Gasteiger partial charge in [-0.1, -0.05) is 18.2 Å². The molecule has 30 heavy (non-hydrogen) atoms. The number of hydrogen-bond acceptors (Lipinski definition) is 4. The van der Waals surface area contributed by atoms with Gasteiger partial charge in [0.15, 0.2) is 0 Å². The summed E-state index contributed by atoms with van der Waals surface area (Å²) in [5, 5.41) is 7.50. The van der Waals surface area contributed by atoms with Gasteiger partial charge < -0.3 is 9.72 Å². The standard InChI is InChI=1S/C23H25N5OS/c1-16-7-8-22-24-21(13-27(22)11-16)14-30-15-23(29)25-20-6-4-5-19(10-20)12-28-18(3)9-17(2)26-28/h4-11,13H,12,14-15H2,1-3H3,(H,25,29). The van der Waals surface area contributed by atoms with Crippen molar-refractivity contribution in [3.05, 3.63) is 83.1 Å². The predicted molar refractivity (Wildman–Crippen MR) is 122 cm³/mol. The number of aromatic nitrogens is 4. The minimum absolute atomic E-state index is 0.0112. The minimum Gasteiger partial charge on any atom is -0.325 e. The molecule has 154 valence electrons. The number of nitrogens with one attached hydrogen (secondary N) is 1. The van der Waals surface area contributed by atoms with Crippen LogP contribution in [0.5, 0.6) is 0 Å². The largest absolute Gasteiger partial charge is 0.325 e. The highest BCUT2D eigenvalue weighted by molar-refractivity contribution is 7.99. The first kappa shape index (κ1) is 20.2. The molecule has 0 saturated heterocycles. The number of fused-ring (bicyclic) bond motifs is 1. The smallest absolute Gasteiger partial charge is 0.234 e. The molecule has 0 bridgehead atoms. The van der Waals surface area contributed by atoms with E-state index in [1.165, 1.54) is 5.56 Å². The predicted octanol–water partition coefficient (Wildman–Crippen LogP) is 4.38. The van der Waals surface area contributed by atoms with Crippen molar-refractivity contribution in [3.8, 4) is 0 Å². The molecule has 0 aliphatic heterocycles. The number of amides is 1. The molecule has 1 amide bonds. The number of thioether (sulfide) groups is 1. The van der Waals surface area contributed by atoms with Gasteiger partial charge in [0, 0.05) is 29.5 Å². The molecule has 3 aromatic heterocycles. The summed E-state index contributed by atoms with van der Waals surface area (Å²) in [6.07, 6.45) is 4.08. The van der Waals surface area contributed by atoms with Gasteiger partial charge in [-0.2, -0.15) is 5.10 Å². The maximum absolute atomic E-state index is 12.4. The fourth-order valence-electron chi connectivity index (χ4n) is 3.43. The molecule has 0 atom stereocenters. The molecule has 6 nitrogen and oxygen atoms in total. The Bertz CT molecular complexity index is 1190. The number of carbonyl (C=O) groups excluding carboxylic acids is 1. The number of anilines is 1. The maximum atomic E-state index is 12.4. The number of nitrogens with zero attached hydrogens (tertiary/aromatic N) is 4. The Morgan fingerprint density at radius 1 is 1.10 bits per heavy atom. The second kappa shape index (κ2) is 8.75. The number of benzene rings is 1. The number of aryl methyl sites for hydroxylation is 3. The van der Waals surface area contributed by atoms with Gasteiger partial charge in [-0.15, -0.1) is 11.8 Å². The summed E-state index contributed by atoms with van der Waals surface area (Å²) in [5.74, 6) is 1.07. The summed E-state index contributed by atoms with van der Waals surface area (Å²) in [4.78, 5) is 17.0. The molecule has 0 radical (unpaired) electrons. The number of hydrogen-bond donors (Lipinski definition) is 1. The second-order valence-electron chi connectivity index (χ2n) is 7.53. The zero-order chi connectivity index (χ0) is 21.1. The van der Waals surface area contributed by atoms with E-state index in [0.29, 0.717) is 18.1 Å². The van der Waals surface area contributed by atoms with Gasteiger partial charge in [-0.25, -0.2) is 4.98 Å². The van der Waals surface area contributed by atoms with Crippen LogP contribution in [0.25, 0.3) is 5.65 Å². The van der Waals surface area contributed by atoms with Gasteiger partial charge in [0.1, 0.15) is 5.65 Å². The number of carbonyl (C=O) groups is 1. The zero-order valence-corrected chi connectivity index (χ0v) is 18.2. The molecule has 4 aromatic rings. The van der Waals surface area contributed by atoms with E-state index in [2.05, 4.69) is 40.7 Å². The molecule has 0 saturated carbocycles. The SMILES string of the molecule is Cc1ccc2nc(CSCC(=O)Nc3cccc(Cn4nc(C)cc4C)c3)cn2c1. The van der Waals surface area contributed by atoms with E-state index >= 15 is 0 Å². The van der Waals surface area contributed by atoms with Crippen molar-refractivity contribution in [2.45, 2.75) is 33.1 Å². The van der Waals surface area contributed by atoms with Gasteiger partial charge in [0.25, 0.3) is 0 Å². The van der Waals surface area contributed by atoms with Crippen LogP contribution in [0.1, 0.15) is 28.2 Å². The molecule has 1 aromatic carbocycles. The minimum atomic E-state index is -0.0112.